The first-order chi connectivity index (χ1) is 13.7. The van der Waals surface area contributed by atoms with Gasteiger partial charge < -0.3 is 14.2 Å². The molecule has 0 unspecified atom stereocenters. The third kappa shape index (κ3) is 4.26. The van der Waals surface area contributed by atoms with Crippen molar-refractivity contribution in [2.24, 2.45) is 0 Å². The van der Waals surface area contributed by atoms with Gasteiger partial charge in [-0.3, -0.25) is 4.79 Å². The number of sulfonamides is 1. The molecule has 1 amide bonds. The first-order valence-electron chi connectivity index (χ1n) is 9.12. The molecule has 1 atom stereocenters. The lowest BCUT2D eigenvalue weighted by Gasteiger charge is -2.35. The summed E-state index contributed by atoms with van der Waals surface area (Å²) in [5.41, 5.74) is 0.831. The van der Waals surface area contributed by atoms with Gasteiger partial charge in [-0.2, -0.15) is 9.57 Å². The van der Waals surface area contributed by atoms with Gasteiger partial charge in [-0.15, -0.1) is 0 Å². The van der Waals surface area contributed by atoms with Crippen LogP contribution in [-0.4, -0.2) is 61.0 Å². The van der Waals surface area contributed by atoms with Crippen LogP contribution >= 0.6 is 0 Å². The van der Waals surface area contributed by atoms with Crippen LogP contribution in [0.1, 0.15) is 23.9 Å². The Morgan fingerprint density at radius 2 is 1.83 bits per heavy atom. The number of hydrogen-bond donors (Lipinski definition) is 0. The minimum atomic E-state index is -3.72. The van der Waals surface area contributed by atoms with Gasteiger partial charge >= 0.3 is 0 Å². The number of carbonyl (C=O) groups is 1. The number of aromatic nitrogens is 1. The molecule has 0 spiro atoms. The molecule has 2 heterocycles. The first kappa shape index (κ1) is 20.8. The molecule has 1 aliphatic rings. The highest BCUT2D eigenvalue weighted by molar-refractivity contribution is 7.89. The van der Waals surface area contributed by atoms with Crippen molar-refractivity contribution >= 4 is 15.9 Å². The summed E-state index contributed by atoms with van der Waals surface area (Å²) in [7, 11) is -3.72. The summed E-state index contributed by atoms with van der Waals surface area (Å²) in [5.74, 6) is 0.527. The van der Waals surface area contributed by atoms with Crippen LogP contribution in [0.5, 0.6) is 5.75 Å². The van der Waals surface area contributed by atoms with Crippen molar-refractivity contribution in [3.8, 4) is 11.8 Å². The second-order valence-corrected chi connectivity index (χ2v) is 8.65. The number of hydrogen-bond acceptors (Lipinski definition) is 7. The Morgan fingerprint density at radius 1 is 1.21 bits per heavy atom. The molecule has 1 saturated heterocycles. The zero-order valence-electron chi connectivity index (χ0n) is 16.5. The van der Waals surface area contributed by atoms with Crippen molar-refractivity contribution < 1.29 is 22.5 Å². The summed E-state index contributed by atoms with van der Waals surface area (Å²) < 4.78 is 37.7. The van der Waals surface area contributed by atoms with Crippen LogP contribution in [0.15, 0.2) is 33.7 Å². The van der Waals surface area contributed by atoms with Crippen LogP contribution < -0.4 is 4.74 Å². The van der Waals surface area contributed by atoms with E-state index in [1.165, 1.54) is 4.31 Å². The minimum Gasteiger partial charge on any atom is -0.481 e. The van der Waals surface area contributed by atoms with Gasteiger partial charge in [-0.1, -0.05) is 5.16 Å². The van der Waals surface area contributed by atoms with Crippen molar-refractivity contribution in [2.45, 2.75) is 31.8 Å². The van der Waals surface area contributed by atoms with Crippen molar-refractivity contribution in [1.29, 1.82) is 5.26 Å². The molecular weight excluding hydrogens is 396 g/mol. The van der Waals surface area contributed by atoms with E-state index in [1.807, 2.05) is 6.07 Å². The van der Waals surface area contributed by atoms with Gasteiger partial charge in [0, 0.05) is 26.2 Å². The fourth-order valence-electron chi connectivity index (χ4n) is 3.24. The molecule has 3 rings (SSSR count). The number of amides is 1. The maximum Gasteiger partial charge on any atom is 0.263 e. The van der Waals surface area contributed by atoms with E-state index in [-0.39, 0.29) is 42.7 Å². The van der Waals surface area contributed by atoms with E-state index < -0.39 is 16.1 Å². The smallest absolute Gasteiger partial charge is 0.263 e. The number of carbonyl (C=O) groups excluding carboxylic acids is 1. The van der Waals surface area contributed by atoms with E-state index in [9.17, 15) is 13.2 Å². The summed E-state index contributed by atoms with van der Waals surface area (Å²) in [6.07, 6.45) is -0.728. The molecule has 0 bridgehead atoms. The molecule has 1 aromatic heterocycles. The maximum atomic E-state index is 12.9. The first-order valence-corrected chi connectivity index (χ1v) is 10.6. The molecule has 0 saturated carbocycles. The fraction of sp³-hybridized carbons (Fsp3) is 0.421. The van der Waals surface area contributed by atoms with Crippen molar-refractivity contribution in [3.05, 3.63) is 41.3 Å². The lowest BCUT2D eigenvalue weighted by atomic mass is 10.2. The molecule has 29 heavy (non-hydrogen) atoms. The van der Waals surface area contributed by atoms with Gasteiger partial charge in [0.2, 0.25) is 10.0 Å². The van der Waals surface area contributed by atoms with E-state index in [1.54, 1.807) is 49.9 Å². The quantitative estimate of drug-likeness (QED) is 0.721. The van der Waals surface area contributed by atoms with Crippen LogP contribution in [0, 0.1) is 25.2 Å². The van der Waals surface area contributed by atoms with Crippen LogP contribution in [0.3, 0.4) is 0 Å². The second-order valence-electron chi connectivity index (χ2n) is 6.78. The average Bonchev–Trinajstić information content (AvgIpc) is 3.06. The van der Waals surface area contributed by atoms with Crippen LogP contribution in [0.4, 0.5) is 0 Å². The molecule has 0 aliphatic carbocycles. The lowest BCUT2D eigenvalue weighted by Crippen LogP contribution is -2.53. The Kier molecular flexibility index (Phi) is 5.91. The molecule has 1 aromatic carbocycles. The number of aryl methyl sites for hydroxylation is 2. The third-order valence-corrected chi connectivity index (χ3v) is 6.90. The van der Waals surface area contributed by atoms with Gasteiger partial charge in [0.1, 0.15) is 16.3 Å². The highest BCUT2D eigenvalue weighted by atomic mass is 32.2. The van der Waals surface area contributed by atoms with Gasteiger partial charge in [-0.05, 0) is 45.0 Å². The van der Waals surface area contributed by atoms with E-state index in [0.29, 0.717) is 17.0 Å². The lowest BCUT2D eigenvalue weighted by molar-refractivity contribution is -0.139. The highest BCUT2D eigenvalue weighted by Gasteiger charge is 2.35. The normalized spacial score (nSPS) is 16.3. The number of ether oxygens (including phenoxy) is 1. The van der Waals surface area contributed by atoms with Crippen molar-refractivity contribution in [2.75, 3.05) is 26.2 Å². The Hall–Kier alpha value is -2.90. The van der Waals surface area contributed by atoms with Crippen molar-refractivity contribution in [1.82, 2.24) is 14.4 Å². The standard InChI is InChI=1S/C19H22N4O5S/c1-13-18(14(2)28-21-13)29(25,26)23-10-8-22(9-11-23)19(24)15(3)27-17-6-4-16(12-20)5-7-17/h4-7,15H,8-11H2,1-3H3/t15-/m1/s1. The number of rotatable bonds is 5. The highest BCUT2D eigenvalue weighted by Crippen LogP contribution is 2.24. The Labute approximate surface area is 169 Å². The van der Waals surface area contributed by atoms with Crippen LogP contribution in [0.25, 0.3) is 0 Å². The topological polar surface area (TPSA) is 117 Å². The van der Waals surface area contributed by atoms with Gasteiger partial charge in [-0.25, -0.2) is 8.42 Å². The fourth-order valence-corrected chi connectivity index (χ4v) is 4.95. The van der Waals surface area contributed by atoms with Gasteiger partial charge in [0.05, 0.1) is 11.6 Å². The molecule has 1 fully saturated rings. The third-order valence-electron chi connectivity index (χ3n) is 4.76. The van der Waals surface area contributed by atoms with Crippen LogP contribution in [-0.2, 0) is 14.8 Å². The van der Waals surface area contributed by atoms with E-state index in [4.69, 9.17) is 14.5 Å². The predicted molar refractivity (Wildman–Crippen MR) is 103 cm³/mol. The molecule has 1 aliphatic heterocycles. The van der Waals surface area contributed by atoms with Gasteiger partial charge in [0.25, 0.3) is 5.91 Å². The minimum absolute atomic E-state index is 0.0924. The summed E-state index contributed by atoms with van der Waals surface area (Å²) in [6, 6.07) is 8.52. The van der Waals surface area contributed by atoms with Crippen LogP contribution in [0.2, 0.25) is 0 Å². The Balaban J connectivity index is 1.61. The van der Waals surface area contributed by atoms with E-state index >= 15 is 0 Å². The average molecular weight is 418 g/mol. The summed E-state index contributed by atoms with van der Waals surface area (Å²) in [6.45, 7) is 5.70. The summed E-state index contributed by atoms with van der Waals surface area (Å²) >= 11 is 0. The molecule has 154 valence electrons. The monoisotopic (exact) mass is 418 g/mol. The zero-order valence-corrected chi connectivity index (χ0v) is 17.3. The van der Waals surface area contributed by atoms with E-state index in [0.717, 1.165) is 0 Å². The number of piperazine rings is 1. The molecule has 2 aromatic rings. The Morgan fingerprint density at radius 3 is 2.34 bits per heavy atom. The number of benzene rings is 1. The predicted octanol–water partition coefficient (Wildman–Crippen LogP) is 1.46. The molecule has 10 heteroatoms. The number of nitriles is 1. The summed E-state index contributed by atoms with van der Waals surface area (Å²) in [5, 5.41) is 12.5. The Bertz CT molecular complexity index is 1010. The van der Waals surface area contributed by atoms with Gasteiger partial charge in [0.15, 0.2) is 11.9 Å². The SMILES string of the molecule is Cc1noc(C)c1S(=O)(=O)N1CCN(C(=O)[C@@H](C)Oc2ccc(C#N)cc2)CC1. The zero-order chi connectivity index (χ0) is 21.2. The molecular formula is C19H22N4O5S. The maximum absolute atomic E-state index is 12.9. The molecule has 0 radical (unpaired) electrons. The number of nitrogens with zero attached hydrogens (tertiary/aromatic N) is 4. The summed E-state index contributed by atoms with van der Waals surface area (Å²) in [4.78, 5) is 14.4. The van der Waals surface area contributed by atoms with E-state index in [2.05, 4.69) is 5.16 Å². The molecule has 9 nitrogen and oxygen atoms in total. The second kappa shape index (κ2) is 8.23. The largest absolute Gasteiger partial charge is 0.481 e. The van der Waals surface area contributed by atoms with Crippen molar-refractivity contribution in [3.63, 3.8) is 0 Å². The molecule has 0 N–H and O–H groups in total.